The van der Waals surface area contributed by atoms with E-state index in [9.17, 15) is 14.4 Å². The van der Waals surface area contributed by atoms with E-state index in [2.05, 4.69) is 5.32 Å². The molecule has 2 rings (SSSR count). The number of nitrogens with one attached hydrogen (secondary N) is 1. The lowest BCUT2D eigenvalue weighted by Crippen LogP contribution is -2.30. The normalized spacial score (nSPS) is 19.6. The van der Waals surface area contributed by atoms with Gasteiger partial charge in [0.1, 0.15) is 0 Å². The van der Waals surface area contributed by atoms with Gasteiger partial charge in [-0.1, -0.05) is 43.7 Å². The molecular weight excluding hydrogens is 258 g/mol. The molecule has 5 heteroatoms. The summed E-state index contributed by atoms with van der Waals surface area (Å²) in [5.41, 5.74) is 0.865. The number of amides is 2. The number of hydrogen-bond acceptors (Lipinski definition) is 4. The summed E-state index contributed by atoms with van der Waals surface area (Å²) in [6.45, 7) is 1.98. The van der Waals surface area contributed by atoms with Crippen molar-refractivity contribution in [3.05, 3.63) is 35.9 Å². The predicted octanol–water partition coefficient (Wildman–Crippen LogP) is 1.53. The first-order valence-corrected chi connectivity index (χ1v) is 6.71. The molecule has 1 aromatic carbocycles. The largest absolute Gasteiger partial charge is 0.451 e. The molecule has 0 saturated carbocycles. The number of carbonyl (C=O) groups is 3. The zero-order chi connectivity index (χ0) is 14.5. The first-order valence-electron chi connectivity index (χ1n) is 6.71. The van der Waals surface area contributed by atoms with Crippen LogP contribution in [0.2, 0.25) is 0 Å². The number of benzene rings is 1. The minimum atomic E-state index is -0.988. The second-order valence-corrected chi connectivity index (χ2v) is 4.79. The van der Waals surface area contributed by atoms with Gasteiger partial charge in [-0.25, -0.2) is 0 Å². The number of esters is 1. The molecule has 0 bridgehead atoms. The van der Waals surface area contributed by atoms with Gasteiger partial charge in [0.05, 0.1) is 12.3 Å². The molecule has 0 spiro atoms. The van der Waals surface area contributed by atoms with Crippen LogP contribution in [0.1, 0.15) is 37.7 Å². The van der Waals surface area contributed by atoms with E-state index in [1.807, 2.05) is 37.3 Å². The Morgan fingerprint density at radius 2 is 2.05 bits per heavy atom. The Labute approximate surface area is 117 Å². The quantitative estimate of drug-likeness (QED) is 0.653. The van der Waals surface area contributed by atoms with Crippen LogP contribution in [0.25, 0.3) is 0 Å². The minimum absolute atomic E-state index is 0.0851. The van der Waals surface area contributed by atoms with Crippen molar-refractivity contribution in [1.29, 1.82) is 0 Å². The van der Waals surface area contributed by atoms with Gasteiger partial charge >= 0.3 is 5.97 Å². The fourth-order valence-corrected chi connectivity index (χ4v) is 2.24. The Bertz CT molecular complexity index is 512. The molecule has 20 heavy (non-hydrogen) atoms. The summed E-state index contributed by atoms with van der Waals surface area (Å²) in [7, 11) is 0. The van der Waals surface area contributed by atoms with Crippen LogP contribution in [0.15, 0.2) is 30.3 Å². The maximum atomic E-state index is 12.2. The molecule has 1 fully saturated rings. The van der Waals surface area contributed by atoms with Gasteiger partial charge in [0.15, 0.2) is 6.10 Å². The predicted molar refractivity (Wildman–Crippen MR) is 71.7 cm³/mol. The number of rotatable bonds is 5. The van der Waals surface area contributed by atoms with Crippen molar-refractivity contribution in [1.82, 2.24) is 5.32 Å². The molecule has 1 aromatic rings. The third-order valence-electron chi connectivity index (χ3n) is 3.25. The molecular formula is C15H17NO4. The van der Waals surface area contributed by atoms with Crippen molar-refractivity contribution in [2.45, 2.75) is 38.2 Å². The molecule has 1 aliphatic heterocycles. The lowest BCUT2D eigenvalue weighted by atomic mass is 9.94. The fraction of sp³-hybridized carbons (Fsp3) is 0.400. The van der Waals surface area contributed by atoms with E-state index in [-0.39, 0.29) is 6.42 Å². The Kier molecular flexibility index (Phi) is 4.50. The second kappa shape index (κ2) is 6.32. The molecule has 1 saturated heterocycles. The molecule has 1 aliphatic rings. The van der Waals surface area contributed by atoms with Crippen LogP contribution in [0.3, 0.4) is 0 Å². The lowest BCUT2D eigenvalue weighted by Gasteiger charge is -2.17. The summed E-state index contributed by atoms with van der Waals surface area (Å²) in [6.07, 6.45) is 0.395. The maximum absolute atomic E-state index is 12.2. The Morgan fingerprint density at radius 3 is 2.60 bits per heavy atom. The van der Waals surface area contributed by atoms with E-state index in [1.54, 1.807) is 0 Å². The van der Waals surface area contributed by atoms with Gasteiger partial charge in [0.25, 0.3) is 5.91 Å². The number of imide groups is 1. The van der Waals surface area contributed by atoms with E-state index in [0.29, 0.717) is 6.42 Å². The molecule has 1 N–H and O–H groups in total. The van der Waals surface area contributed by atoms with Crippen molar-refractivity contribution in [3.8, 4) is 0 Å². The maximum Gasteiger partial charge on any atom is 0.314 e. The van der Waals surface area contributed by atoms with Gasteiger partial charge in [-0.2, -0.15) is 0 Å². The smallest absolute Gasteiger partial charge is 0.314 e. The van der Waals surface area contributed by atoms with Crippen molar-refractivity contribution in [2.24, 2.45) is 0 Å². The van der Waals surface area contributed by atoms with Gasteiger partial charge in [-0.3, -0.25) is 19.7 Å². The third kappa shape index (κ3) is 3.23. The SMILES string of the molecule is CCCC(C(=O)OC1CC(=O)NC1=O)c1ccccc1. The van der Waals surface area contributed by atoms with Crippen molar-refractivity contribution < 1.29 is 19.1 Å². The van der Waals surface area contributed by atoms with Crippen molar-refractivity contribution >= 4 is 17.8 Å². The van der Waals surface area contributed by atoms with E-state index in [4.69, 9.17) is 4.74 Å². The summed E-state index contributed by atoms with van der Waals surface area (Å²) < 4.78 is 5.19. The summed E-state index contributed by atoms with van der Waals surface area (Å²) in [6, 6.07) is 9.32. The third-order valence-corrected chi connectivity index (χ3v) is 3.25. The first-order chi connectivity index (χ1) is 9.61. The molecule has 0 aliphatic carbocycles. The molecule has 2 atom stereocenters. The van der Waals surface area contributed by atoms with Crippen LogP contribution in [-0.4, -0.2) is 23.9 Å². The standard InChI is InChI=1S/C15H17NO4/c1-2-6-11(10-7-4-3-5-8-10)15(19)20-12-9-13(17)16-14(12)18/h3-5,7-8,11-12H,2,6,9H2,1H3,(H,16,17,18). The monoisotopic (exact) mass is 275 g/mol. The van der Waals surface area contributed by atoms with E-state index in [1.165, 1.54) is 0 Å². The summed E-state index contributed by atoms with van der Waals surface area (Å²) in [5.74, 6) is -1.79. The molecule has 5 nitrogen and oxygen atoms in total. The fourth-order valence-electron chi connectivity index (χ4n) is 2.24. The highest BCUT2D eigenvalue weighted by atomic mass is 16.5. The highest BCUT2D eigenvalue weighted by Crippen LogP contribution is 2.24. The number of ether oxygens (including phenoxy) is 1. The van der Waals surface area contributed by atoms with Crippen LogP contribution in [0, 0.1) is 0 Å². The van der Waals surface area contributed by atoms with Gasteiger partial charge in [0, 0.05) is 0 Å². The van der Waals surface area contributed by atoms with E-state index >= 15 is 0 Å². The van der Waals surface area contributed by atoms with E-state index < -0.39 is 29.8 Å². The zero-order valence-electron chi connectivity index (χ0n) is 11.3. The lowest BCUT2D eigenvalue weighted by molar-refractivity contribution is -0.155. The highest BCUT2D eigenvalue weighted by Gasteiger charge is 2.35. The van der Waals surface area contributed by atoms with Crippen LogP contribution < -0.4 is 5.32 Å². The first kappa shape index (κ1) is 14.2. The zero-order valence-corrected chi connectivity index (χ0v) is 11.3. The highest BCUT2D eigenvalue weighted by molar-refractivity contribution is 6.05. The van der Waals surface area contributed by atoms with Gasteiger partial charge in [0.2, 0.25) is 5.91 Å². The van der Waals surface area contributed by atoms with E-state index in [0.717, 1.165) is 12.0 Å². The van der Waals surface area contributed by atoms with Crippen LogP contribution in [-0.2, 0) is 19.1 Å². The molecule has 2 amide bonds. The van der Waals surface area contributed by atoms with Gasteiger partial charge in [-0.15, -0.1) is 0 Å². The average molecular weight is 275 g/mol. The van der Waals surface area contributed by atoms with Crippen LogP contribution >= 0.6 is 0 Å². The molecule has 2 unspecified atom stereocenters. The number of carbonyl (C=O) groups excluding carboxylic acids is 3. The van der Waals surface area contributed by atoms with Crippen LogP contribution in [0.4, 0.5) is 0 Å². The molecule has 1 heterocycles. The Balaban J connectivity index is 2.08. The average Bonchev–Trinajstić information content (AvgIpc) is 2.75. The summed E-state index contributed by atoms with van der Waals surface area (Å²) in [5, 5.41) is 2.13. The summed E-state index contributed by atoms with van der Waals surface area (Å²) >= 11 is 0. The van der Waals surface area contributed by atoms with Crippen molar-refractivity contribution in [2.75, 3.05) is 0 Å². The molecule has 0 radical (unpaired) electrons. The second-order valence-electron chi connectivity index (χ2n) is 4.79. The summed E-state index contributed by atoms with van der Waals surface area (Å²) in [4.78, 5) is 34.7. The number of hydrogen-bond donors (Lipinski definition) is 1. The van der Waals surface area contributed by atoms with Gasteiger partial charge < -0.3 is 4.74 Å². The molecule has 0 aromatic heterocycles. The minimum Gasteiger partial charge on any atom is -0.451 e. The topological polar surface area (TPSA) is 72.5 Å². The van der Waals surface area contributed by atoms with Crippen LogP contribution in [0.5, 0.6) is 0 Å². The Morgan fingerprint density at radius 1 is 1.35 bits per heavy atom. The molecule has 106 valence electrons. The Hall–Kier alpha value is -2.17. The van der Waals surface area contributed by atoms with Gasteiger partial charge in [-0.05, 0) is 12.0 Å². The van der Waals surface area contributed by atoms with Crippen molar-refractivity contribution in [3.63, 3.8) is 0 Å².